The first kappa shape index (κ1) is 15.3. The number of amides is 1. The number of halogens is 2. The number of nitrogens with one attached hydrogen (secondary N) is 3. The fourth-order valence-electron chi connectivity index (χ4n) is 1.42. The highest BCUT2D eigenvalue weighted by Crippen LogP contribution is 2.09. The van der Waals surface area contributed by atoms with E-state index in [1.54, 1.807) is 12.3 Å². The fourth-order valence-corrected chi connectivity index (χ4v) is 1.95. The quantitative estimate of drug-likeness (QED) is 0.561. The number of rotatable bonds is 2. The Morgan fingerprint density at radius 2 is 1.90 bits per heavy atom. The molecular formula is C13H10BrFN4OS. The zero-order chi connectivity index (χ0) is 15.2. The summed E-state index contributed by atoms with van der Waals surface area (Å²) in [6, 6.07) is 7.29. The first-order valence-electron chi connectivity index (χ1n) is 5.78. The van der Waals surface area contributed by atoms with Gasteiger partial charge in [0.15, 0.2) is 5.11 Å². The molecule has 2 rings (SSSR count). The van der Waals surface area contributed by atoms with E-state index in [4.69, 9.17) is 12.2 Å². The van der Waals surface area contributed by atoms with Crippen LogP contribution in [0.5, 0.6) is 0 Å². The molecule has 1 heterocycles. The van der Waals surface area contributed by atoms with E-state index in [0.717, 1.165) is 0 Å². The number of nitrogens with zero attached hydrogens (tertiary/aromatic N) is 1. The van der Waals surface area contributed by atoms with Crippen LogP contribution >= 0.6 is 28.1 Å². The molecule has 0 aliphatic heterocycles. The molecule has 1 aromatic carbocycles. The summed E-state index contributed by atoms with van der Waals surface area (Å²) in [6.45, 7) is 0. The monoisotopic (exact) mass is 368 g/mol. The van der Waals surface area contributed by atoms with Crippen molar-refractivity contribution in [1.82, 2.24) is 15.8 Å². The van der Waals surface area contributed by atoms with E-state index in [1.165, 1.54) is 30.5 Å². The maximum atomic E-state index is 12.8. The van der Waals surface area contributed by atoms with Crippen molar-refractivity contribution in [3.63, 3.8) is 0 Å². The largest absolute Gasteiger partial charge is 0.331 e. The minimum Gasteiger partial charge on any atom is -0.331 e. The maximum absolute atomic E-state index is 12.8. The number of thiocarbonyl (C=S) groups is 1. The average Bonchev–Trinajstić information content (AvgIpc) is 2.47. The molecule has 0 saturated carbocycles. The molecule has 0 unspecified atom stereocenters. The van der Waals surface area contributed by atoms with Gasteiger partial charge < -0.3 is 5.32 Å². The second kappa shape index (κ2) is 7.09. The number of hydrogen-bond acceptors (Lipinski definition) is 3. The van der Waals surface area contributed by atoms with E-state index in [2.05, 4.69) is 37.1 Å². The lowest BCUT2D eigenvalue weighted by atomic mass is 10.3. The molecule has 3 N–H and O–H groups in total. The Hall–Kier alpha value is -2.06. The predicted octanol–water partition coefficient (Wildman–Crippen LogP) is 2.61. The molecule has 0 bridgehead atoms. The van der Waals surface area contributed by atoms with Gasteiger partial charge in [-0.15, -0.1) is 0 Å². The van der Waals surface area contributed by atoms with Crippen molar-refractivity contribution in [3.8, 4) is 0 Å². The Balaban J connectivity index is 1.86. The number of anilines is 1. The molecule has 21 heavy (non-hydrogen) atoms. The molecule has 8 heteroatoms. The minimum atomic E-state index is -0.382. The first-order valence-corrected chi connectivity index (χ1v) is 6.98. The van der Waals surface area contributed by atoms with E-state index < -0.39 is 0 Å². The Kier molecular flexibility index (Phi) is 5.18. The summed E-state index contributed by atoms with van der Waals surface area (Å²) in [4.78, 5) is 15.7. The summed E-state index contributed by atoms with van der Waals surface area (Å²) >= 11 is 8.24. The molecule has 2 aromatic rings. The van der Waals surface area contributed by atoms with Crippen LogP contribution in [0.25, 0.3) is 0 Å². The van der Waals surface area contributed by atoms with Crippen molar-refractivity contribution in [2.45, 2.75) is 0 Å². The summed E-state index contributed by atoms with van der Waals surface area (Å²) in [5, 5.41) is 2.98. The van der Waals surface area contributed by atoms with Crippen LogP contribution in [-0.2, 0) is 0 Å². The lowest BCUT2D eigenvalue weighted by molar-refractivity contribution is 0.0943. The standard InChI is InChI=1S/C13H10BrFN4OS/c14-9-5-8(6-16-7-9)12(20)18-19-13(21)17-11-3-1-10(15)2-4-11/h1-7H,(H,18,20)(H2,17,19,21). The van der Waals surface area contributed by atoms with Gasteiger partial charge in [0.1, 0.15) is 5.82 Å². The van der Waals surface area contributed by atoms with Crippen LogP contribution in [0.1, 0.15) is 10.4 Å². The summed E-state index contributed by atoms with van der Waals surface area (Å²) in [6.07, 6.45) is 3.00. The number of pyridine rings is 1. The average molecular weight is 369 g/mol. The summed E-state index contributed by atoms with van der Waals surface area (Å²) in [5.74, 6) is -0.720. The molecule has 1 aromatic heterocycles. The van der Waals surface area contributed by atoms with Gasteiger partial charge in [-0.2, -0.15) is 0 Å². The van der Waals surface area contributed by atoms with Crippen LogP contribution in [-0.4, -0.2) is 16.0 Å². The lowest BCUT2D eigenvalue weighted by Crippen LogP contribution is -2.43. The van der Waals surface area contributed by atoms with Gasteiger partial charge in [-0.3, -0.25) is 20.6 Å². The molecule has 108 valence electrons. The van der Waals surface area contributed by atoms with Crippen LogP contribution in [0.15, 0.2) is 47.2 Å². The summed E-state index contributed by atoms with van der Waals surface area (Å²) in [7, 11) is 0. The van der Waals surface area contributed by atoms with Crippen LogP contribution in [0.4, 0.5) is 10.1 Å². The molecule has 1 amide bonds. The number of hydrazine groups is 1. The Morgan fingerprint density at radius 1 is 1.19 bits per heavy atom. The van der Waals surface area contributed by atoms with Crippen molar-refractivity contribution in [1.29, 1.82) is 0 Å². The maximum Gasteiger partial charge on any atom is 0.271 e. The lowest BCUT2D eigenvalue weighted by Gasteiger charge is -2.11. The van der Waals surface area contributed by atoms with Gasteiger partial charge >= 0.3 is 0 Å². The number of aromatic nitrogens is 1. The molecule has 0 atom stereocenters. The van der Waals surface area contributed by atoms with Crippen LogP contribution in [0.2, 0.25) is 0 Å². The molecule has 0 aliphatic carbocycles. The Morgan fingerprint density at radius 3 is 2.57 bits per heavy atom. The predicted molar refractivity (Wildman–Crippen MR) is 85.2 cm³/mol. The zero-order valence-electron chi connectivity index (χ0n) is 10.6. The summed E-state index contributed by atoms with van der Waals surface area (Å²) < 4.78 is 13.5. The molecule has 0 saturated heterocycles. The third-order valence-corrected chi connectivity index (χ3v) is 3.00. The third-order valence-electron chi connectivity index (χ3n) is 2.36. The summed E-state index contributed by atoms with van der Waals surface area (Å²) in [5.41, 5.74) is 5.96. The minimum absolute atomic E-state index is 0.179. The highest BCUT2D eigenvalue weighted by atomic mass is 79.9. The van der Waals surface area contributed by atoms with Crippen molar-refractivity contribution in [2.75, 3.05) is 5.32 Å². The third kappa shape index (κ3) is 4.76. The van der Waals surface area contributed by atoms with E-state index in [9.17, 15) is 9.18 Å². The fraction of sp³-hybridized carbons (Fsp3) is 0. The molecule has 5 nitrogen and oxygen atoms in total. The number of benzene rings is 1. The smallest absolute Gasteiger partial charge is 0.271 e. The van der Waals surface area contributed by atoms with Crippen molar-refractivity contribution in [3.05, 3.63) is 58.6 Å². The Bertz CT molecular complexity index is 665. The van der Waals surface area contributed by atoms with Crippen LogP contribution in [0.3, 0.4) is 0 Å². The molecule has 0 radical (unpaired) electrons. The number of carbonyl (C=O) groups is 1. The van der Waals surface area contributed by atoms with Gasteiger partial charge in [-0.25, -0.2) is 4.39 Å². The van der Waals surface area contributed by atoms with Gasteiger partial charge in [0.05, 0.1) is 5.56 Å². The molecule has 0 fully saturated rings. The van der Waals surface area contributed by atoms with Gasteiger partial charge in [-0.05, 0) is 58.5 Å². The van der Waals surface area contributed by atoms with E-state index in [0.29, 0.717) is 15.7 Å². The number of carbonyl (C=O) groups excluding carboxylic acids is 1. The second-order valence-electron chi connectivity index (χ2n) is 3.93. The van der Waals surface area contributed by atoms with Crippen molar-refractivity contribution < 1.29 is 9.18 Å². The van der Waals surface area contributed by atoms with E-state index in [1.807, 2.05) is 0 Å². The van der Waals surface area contributed by atoms with Gasteiger partial charge in [0, 0.05) is 22.6 Å². The van der Waals surface area contributed by atoms with E-state index in [-0.39, 0.29) is 16.8 Å². The molecule has 0 aliphatic rings. The van der Waals surface area contributed by atoms with Crippen molar-refractivity contribution >= 4 is 44.9 Å². The topological polar surface area (TPSA) is 66.1 Å². The van der Waals surface area contributed by atoms with Crippen molar-refractivity contribution in [2.24, 2.45) is 0 Å². The van der Waals surface area contributed by atoms with Crippen LogP contribution in [0, 0.1) is 5.82 Å². The van der Waals surface area contributed by atoms with Gasteiger partial charge in [0.2, 0.25) is 0 Å². The number of hydrogen-bond donors (Lipinski definition) is 3. The van der Waals surface area contributed by atoms with Gasteiger partial charge in [0.25, 0.3) is 5.91 Å². The highest BCUT2D eigenvalue weighted by Gasteiger charge is 2.06. The SMILES string of the molecule is O=C(NNC(=S)Nc1ccc(F)cc1)c1cncc(Br)c1. The highest BCUT2D eigenvalue weighted by molar-refractivity contribution is 9.10. The first-order chi connectivity index (χ1) is 10.0. The molecular weight excluding hydrogens is 359 g/mol. The molecule has 0 spiro atoms. The van der Waals surface area contributed by atoms with Crippen LogP contribution < -0.4 is 16.2 Å². The van der Waals surface area contributed by atoms with Gasteiger partial charge in [-0.1, -0.05) is 0 Å². The van der Waals surface area contributed by atoms with E-state index >= 15 is 0 Å². The second-order valence-corrected chi connectivity index (χ2v) is 5.26. The normalized spacial score (nSPS) is 9.81. The Labute approximate surface area is 134 Å². The zero-order valence-corrected chi connectivity index (χ0v) is 13.0.